The minimum Gasteiger partial charge on any atom is -0.342 e. The second kappa shape index (κ2) is 11.5. The molecule has 1 N–H and O–H groups in total. The van der Waals surface area contributed by atoms with Gasteiger partial charge in [0.05, 0.1) is 17.9 Å². The fourth-order valence-corrected chi connectivity index (χ4v) is 5.02. The molecule has 2 aromatic carbocycles. The number of hydrogen-bond donors (Lipinski definition) is 1. The largest absolute Gasteiger partial charge is 0.342 e. The van der Waals surface area contributed by atoms with E-state index in [0.717, 1.165) is 30.8 Å². The molecule has 2 heterocycles. The highest BCUT2D eigenvalue weighted by molar-refractivity contribution is 8.00. The highest BCUT2D eigenvalue weighted by atomic mass is 32.2. The highest BCUT2D eigenvalue weighted by Gasteiger charge is 2.26. The molecule has 2 aliphatic heterocycles. The molecule has 2 saturated heterocycles. The molecule has 0 radical (unpaired) electrons. The Kier molecular flexibility index (Phi) is 8.18. The van der Waals surface area contributed by atoms with Crippen LogP contribution < -0.4 is 5.32 Å². The Morgan fingerprint density at radius 2 is 1.53 bits per heavy atom. The van der Waals surface area contributed by atoms with Crippen LogP contribution in [0, 0.1) is 5.82 Å². The predicted molar refractivity (Wildman–Crippen MR) is 130 cm³/mol. The van der Waals surface area contributed by atoms with Crippen LogP contribution >= 0.6 is 11.8 Å². The molecule has 34 heavy (non-hydrogen) atoms. The van der Waals surface area contributed by atoms with E-state index in [0.29, 0.717) is 44.0 Å². The van der Waals surface area contributed by atoms with Gasteiger partial charge in [-0.2, -0.15) is 0 Å². The summed E-state index contributed by atoms with van der Waals surface area (Å²) in [5.74, 6) is -0.340. The van der Waals surface area contributed by atoms with Crippen molar-refractivity contribution >= 4 is 35.2 Å². The molecule has 2 aromatic rings. The van der Waals surface area contributed by atoms with Crippen LogP contribution in [0.3, 0.4) is 0 Å². The molecule has 0 atom stereocenters. The number of rotatable bonds is 7. The van der Waals surface area contributed by atoms with Crippen LogP contribution in [0.1, 0.15) is 23.2 Å². The minimum atomic E-state index is -0.362. The normalized spacial score (nSPS) is 16.5. The molecule has 180 valence electrons. The third kappa shape index (κ3) is 6.36. The smallest absolute Gasteiger partial charge is 0.255 e. The lowest BCUT2D eigenvalue weighted by Gasteiger charge is -2.35. The number of nitrogens with one attached hydrogen (secondary N) is 1. The maximum Gasteiger partial charge on any atom is 0.255 e. The summed E-state index contributed by atoms with van der Waals surface area (Å²) >= 11 is 1.30. The molecule has 2 aliphatic rings. The van der Waals surface area contributed by atoms with E-state index in [-0.39, 0.29) is 29.3 Å². The maximum atomic E-state index is 13.2. The summed E-state index contributed by atoms with van der Waals surface area (Å²) in [6.45, 7) is 4.59. The van der Waals surface area contributed by atoms with Crippen LogP contribution in [-0.2, 0) is 9.59 Å². The Morgan fingerprint density at radius 1 is 0.853 bits per heavy atom. The molecule has 0 unspecified atom stereocenters. The Bertz CT molecular complexity index is 1020. The van der Waals surface area contributed by atoms with E-state index in [9.17, 15) is 18.8 Å². The van der Waals surface area contributed by atoms with Crippen LogP contribution in [0.5, 0.6) is 0 Å². The Morgan fingerprint density at radius 3 is 2.24 bits per heavy atom. The van der Waals surface area contributed by atoms with Crippen molar-refractivity contribution < 1.29 is 18.8 Å². The van der Waals surface area contributed by atoms with E-state index < -0.39 is 0 Å². The van der Waals surface area contributed by atoms with Crippen LogP contribution in [0.15, 0.2) is 53.4 Å². The first-order valence-corrected chi connectivity index (χ1v) is 12.5. The molecule has 0 aromatic heterocycles. The van der Waals surface area contributed by atoms with Gasteiger partial charge in [-0.05, 0) is 49.2 Å². The number of hydrogen-bond acceptors (Lipinski definition) is 5. The van der Waals surface area contributed by atoms with Gasteiger partial charge in [0.15, 0.2) is 0 Å². The molecule has 0 bridgehead atoms. The summed E-state index contributed by atoms with van der Waals surface area (Å²) < 4.78 is 13.0. The number of thioether (sulfide) groups is 1. The number of carbonyl (C=O) groups excluding carboxylic acids is 3. The molecule has 2 fully saturated rings. The zero-order chi connectivity index (χ0) is 23.9. The van der Waals surface area contributed by atoms with Gasteiger partial charge in [0.25, 0.3) is 5.91 Å². The summed E-state index contributed by atoms with van der Waals surface area (Å²) in [4.78, 5) is 44.5. The average molecular weight is 485 g/mol. The number of anilines is 1. The van der Waals surface area contributed by atoms with Crippen LogP contribution in [0.2, 0.25) is 0 Å². The van der Waals surface area contributed by atoms with Crippen molar-refractivity contribution in [3.8, 4) is 0 Å². The molecule has 3 amide bonds. The molecule has 7 nitrogen and oxygen atoms in total. The third-order valence-corrected chi connectivity index (χ3v) is 7.15. The van der Waals surface area contributed by atoms with Crippen molar-refractivity contribution in [2.24, 2.45) is 0 Å². The van der Waals surface area contributed by atoms with Gasteiger partial charge in [-0.1, -0.05) is 12.1 Å². The van der Waals surface area contributed by atoms with E-state index in [2.05, 4.69) is 10.2 Å². The van der Waals surface area contributed by atoms with Crippen molar-refractivity contribution in [2.75, 3.05) is 56.9 Å². The van der Waals surface area contributed by atoms with E-state index in [1.165, 1.54) is 36.0 Å². The fraction of sp³-hybridized carbons (Fsp3) is 0.400. The second-order valence-corrected chi connectivity index (χ2v) is 9.51. The first-order valence-electron chi connectivity index (χ1n) is 11.6. The molecule has 0 aliphatic carbocycles. The minimum absolute atomic E-state index is 0.0624. The van der Waals surface area contributed by atoms with Gasteiger partial charge in [0, 0.05) is 49.9 Å². The zero-order valence-corrected chi connectivity index (χ0v) is 19.9. The van der Waals surface area contributed by atoms with Gasteiger partial charge in [0.2, 0.25) is 11.8 Å². The predicted octanol–water partition coefficient (Wildman–Crippen LogP) is 2.94. The van der Waals surface area contributed by atoms with Crippen LogP contribution in [-0.4, -0.2) is 84.0 Å². The Balaban J connectivity index is 1.28. The molecule has 0 spiro atoms. The van der Waals surface area contributed by atoms with Crippen LogP contribution in [0.4, 0.5) is 10.1 Å². The van der Waals surface area contributed by atoms with Crippen molar-refractivity contribution in [1.82, 2.24) is 14.7 Å². The third-order valence-electron chi connectivity index (χ3n) is 6.08. The second-order valence-electron chi connectivity index (χ2n) is 8.50. The first kappa shape index (κ1) is 24.2. The molecular weight excluding hydrogens is 455 g/mol. The maximum absolute atomic E-state index is 13.2. The number of amides is 3. The van der Waals surface area contributed by atoms with Gasteiger partial charge in [-0.25, -0.2) is 4.39 Å². The van der Waals surface area contributed by atoms with Crippen molar-refractivity contribution in [1.29, 1.82) is 0 Å². The van der Waals surface area contributed by atoms with Gasteiger partial charge in [-0.15, -0.1) is 11.8 Å². The van der Waals surface area contributed by atoms with Gasteiger partial charge < -0.3 is 15.1 Å². The number of nitrogens with zero attached hydrogens (tertiary/aromatic N) is 3. The van der Waals surface area contributed by atoms with Gasteiger partial charge in [-0.3, -0.25) is 19.3 Å². The highest BCUT2D eigenvalue weighted by Crippen LogP contribution is 2.25. The lowest BCUT2D eigenvalue weighted by Crippen LogP contribution is -2.51. The monoisotopic (exact) mass is 484 g/mol. The summed E-state index contributed by atoms with van der Waals surface area (Å²) in [7, 11) is 0. The summed E-state index contributed by atoms with van der Waals surface area (Å²) in [6, 6.07) is 12.9. The van der Waals surface area contributed by atoms with E-state index in [4.69, 9.17) is 0 Å². The molecule has 4 rings (SSSR count). The number of likely N-dealkylation sites (tertiary alicyclic amines) is 1. The van der Waals surface area contributed by atoms with E-state index in [1.807, 2.05) is 28.0 Å². The average Bonchev–Trinajstić information content (AvgIpc) is 3.40. The summed E-state index contributed by atoms with van der Waals surface area (Å²) in [5, 5.41) is 2.73. The summed E-state index contributed by atoms with van der Waals surface area (Å²) in [5.41, 5.74) is 1.10. The van der Waals surface area contributed by atoms with Crippen molar-refractivity contribution in [3.05, 3.63) is 59.9 Å². The Hall–Kier alpha value is -2.91. The first-order chi connectivity index (χ1) is 16.5. The van der Waals surface area contributed by atoms with E-state index in [1.54, 1.807) is 6.07 Å². The number of carbonyl (C=O) groups is 3. The van der Waals surface area contributed by atoms with E-state index >= 15 is 0 Å². The van der Waals surface area contributed by atoms with Gasteiger partial charge in [0.1, 0.15) is 5.82 Å². The van der Waals surface area contributed by atoms with Crippen molar-refractivity contribution in [3.63, 3.8) is 0 Å². The zero-order valence-electron chi connectivity index (χ0n) is 19.0. The lowest BCUT2D eigenvalue weighted by molar-refractivity contribution is -0.131. The molecule has 0 saturated carbocycles. The van der Waals surface area contributed by atoms with Crippen molar-refractivity contribution in [2.45, 2.75) is 17.7 Å². The number of piperazine rings is 1. The quantitative estimate of drug-likeness (QED) is 0.612. The molecule has 9 heteroatoms. The summed E-state index contributed by atoms with van der Waals surface area (Å²) in [6.07, 6.45) is 2.17. The standard InChI is InChI=1S/C25H29FN4O3S/c26-19-7-9-20(10-8-19)27-23(31)18-34-22-6-2-1-5-21(22)25(33)30-15-13-28(14-16-30)17-24(32)29-11-3-4-12-29/h1-2,5-10H,3-4,11-18H2,(H,27,31). The lowest BCUT2D eigenvalue weighted by atomic mass is 10.2. The number of benzene rings is 2. The fourth-order valence-electron chi connectivity index (χ4n) is 4.18. The topological polar surface area (TPSA) is 73.0 Å². The van der Waals surface area contributed by atoms with Crippen LogP contribution in [0.25, 0.3) is 0 Å². The molecular formula is C25H29FN4O3S. The Labute approximate surface area is 203 Å². The SMILES string of the molecule is O=C(CSc1ccccc1C(=O)N1CCN(CC(=O)N2CCCC2)CC1)Nc1ccc(F)cc1. The van der Waals surface area contributed by atoms with Gasteiger partial charge >= 0.3 is 0 Å². The number of halogens is 1.